The van der Waals surface area contributed by atoms with E-state index in [0.29, 0.717) is 36.4 Å². The van der Waals surface area contributed by atoms with Crippen molar-refractivity contribution in [2.24, 2.45) is 17.2 Å². The number of hydrogen-bond acceptors (Lipinski definition) is 25. The predicted molar refractivity (Wildman–Crippen MR) is 490 cm³/mol. The van der Waals surface area contributed by atoms with E-state index >= 15 is 0 Å². The van der Waals surface area contributed by atoms with Crippen LogP contribution in [0, 0.1) is 20.2 Å². The van der Waals surface area contributed by atoms with Crippen molar-refractivity contribution in [1.82, 2.24) is 51.3 Å². The number of halogens is 4. The van der Waals surface area contributed by atoms with Crippen LogP contribution >= 0.6 is 52.3 Å². The maximum Gasteiger partial charge on any atom is 0.271 e. The summed E-state index contributed by atoms with van der Waals surface area (Å²) in [5.41, 5.74) is 34.4. The van der Waals surface area contributed by atoms with Gasteiger partial charge in [0, 0.05) is 203 Å². The van der Waals surface area contributed by atoms with Gasteiger partial charge in [-0.25, -0.2) is 15.0 Å². The first kappa shape index (κ1) is 103. The van der Waals surface area contributed by atoms with E-state index < -0.39 is 15.8 Å². The van der Waals surface area contributed by atoms with Crippen LogP contribution in [0.4, 0.5) is 86.1 Å². The number of fused-ring (bicyclic) bond motifs is 3. The molecule has 36 heteroatoms. The van der Waals surface area contributed by atoms with Gasteiger partial charge in [-0.2, -0.15) is 15.0 Å². The number of amides is 3. The van der Waals surface area contributed by atoms with Crippen LogP contribution in [0.5, 0.6) is 0 Å². The van der Waals surface area contributed by atoms with Gasteiger partial charge in [0.2, 0.25) is 29.0 Å². The number of non-ortho nitro benzene ring substituents is 2. The zero-order chi connectivity index (χ0) is 81.8. The number of carbonyl (C=O) groups is 3. The fourth-order valence-corrected chi connectivity index (χ4v) is 12.0. The molecule has 12 aromatic rings. The van der Waals surface area contributed by atoms with Crippen molar-refractivity contribution in [2.75, 3.05) is 142 Å². The topological polar surface area (TPSA) is 426 Å². The number of nitro benzene ring substituents is 2. The third kappa shape index (κ3) is 29.4. The number of para-hydroxylation sites is 3. The van der Waals surface area contributed by atoms with E-state index in [4.69, 9.17) is 34.5 Å². The Morgan fingerprint density at radius 1 is 0.538 bits per heavy atom. The van der Waals surface area contributed by atoms with E-state index in [0.717, 1.165) is 102 Å². The van der Waals surface area contributed by atoms with Gasteiger partial charge >= 0.3 is 0 Å². The summed E-state index contributed by atoms with van der Waals surface area (Å²) in [5.74, 6) is 1.18. The molecule has 4 aromatic heterocycles. The molecule has 0 saturated carbocycles. The second kappa shape index (κ2) is 50.3. The number of nitro groups is 2. The number of nitrogens with zero attached hydrogens (tertiary/aromatic N) is 15. The second-order valence-corrected chi connectivity index (χ2v) is 27.1. The molecule has 2 unspecified atom stereocenters. The number of benzene rings is 8. The molecule has 31 nitrogen and oxygen atoms in total. The van der Waals surface area contributed by atoms with E-state index in [1.807, 2.05) is 246 Å². The molecule has 119 heavy (non-hydrogen) atoms. The van der Waals surface area contributed by atoms with Crippen molar-refractivity contribution in [2.45, 2.75) is 26.7 Å². The average molecular weight is 1790 g/mol. The second-order valence-electron chi connectivity index (χ2n) is 25.9. The molecule has 2 aliphatic rings. The van der Waals surface area contributed by atoms with Crippen molar-refractivity contribution < 1.29 is 41.3 Å². The fourth-order valence-electron chi connectivity index (χ4n) is 11.5. The van der Waals surface area contributed by atoms with Gasteiger partial charge in [-0.05, 0) is 147 Å². The molecule has 0 saturated heterocycles. The van der Waals surface area contributed by atoms with E-state index in [-0.39, 0.29) is 103 Å². The van der Waals surface area contributed by atoms with E-state index in [1.165, 1.54) is 18.2 Å². The molecule has 15 N–H and O–H groups in total. The molecular formula is C83H104BrCl3FeN24O7. The Balaban J connectivity index is 0.000000494. The minimum atomic E-state index is -0.477. The zero-order valence-electron chi connectivity index (χ0n) is 66.0. The van der Waals surface area contributed by atoms with Gasteiger partial charge in [0.25, 0.3) is 17.3 Å². The van der Waals surface area contributed by atoms with Crippen molar-refractivity contribution >= 4 is 167 Å². The summed E-state index contributed by atoms with van der Waals surface area (Å²) in [5, 5.41) is 33.8. The number of carbonyl (C=O) groups excluding carboxylic acids is 3. The summed E-state index contributed by atoms with van der Waals surface area (Å²) in [7, 11) is 19.4. The average Bonchev–Trinajstić information content (AvgIpc) is 1.64. The van der Waals surface area contributed by atoms with Gasteiger partial charge in [-0.3, -0.25) is 34.6 Å². The third-order valence-corrected chi connectivity index (χ3v) is 17.8. The Hall–Kier alpha value is -12.3. The van der Waals surface area contributed by atoms with E-state index in [9.17, 15) is 34.6 Å². The molecule has 2 aliphatic heterocycles. The SMILES string of the molecule is C.C.CN(C)c1cccc(Nc2nccc(N3CC(C(N)=O)c4ccccc43)n2)c1.CN(C)c1cccc(Nc2nccc(N3CC(C(N)=O)c4ccccc43)n2)c1.CN(C)c1cccc([N+](=O)[O-])c1.CNC.CNCCN(C)c1cccc(N)c1.Cl.Cl.N.NC(=O)c1cn(-c2ccnc(Cl)n2)c2ccccc12.O=[N+]([O-])c1cccc(Br)c1.[Fe]. The van der Waals surface area contributed by atoms with Crippen molar-refractivity contribution in [3.63, 3.8) is 0 Å². The Labute approximate surface area is 730 Å². The zero-order valence-corrected chi connectivity index (χ0v) is 71.1. The number of hydrogen-bond donors (Lipinski definition) is 9. The molecule has 2 atom stereocenters. The Bertz CT molecular complexity index is 5070. The van der Waals surface area contributed by atoms with Crippen LogP contribution in [0.15, 0.2) is 242 Å². The molecule has 6 heterocycles. The summed E-state index contributed by atoms with van der Waals surface area (Å²) in [6, 6.07) is 65.2. The first-order valence-corrected chi connectivity index (χ1v) is 36.4. The van der Waals surface area contributed by atoms with Crippen LogP contribution in [0.2, 0.25) is 5.28 Å². The number of aromatic nitrogens is 7. The number of nitrogens with one attached hydrogen (secondary N) is 4. The molecular weight excluding hydrogens is 1690 g/mol. The smallest absolute Gasteiger partial charge is 0.271 e. The number of rotatable bonds is 19. The number of likely N-dealkylation sites (N-methyl/N-ethyl adjacent to an activating group) is 2. The number of primary amides is 3. The maximum atomic E-state index is 11.9. The summed E-state index contributed by atoms with van der Waals surface area (Å²) < 4.78 is 2.49. The van der Waals surface area contributed by atoms with Gasteiger partial charge < -0.3 is 84.3 Å². The maximum absolute atomic E-state index is 11.9. The monoisotopic (exact) mass is 1790 g/mol. The summed E-state index contributed by atoms with van der Waals surface area (Å²) in [4.78, 5) is 93.0. The Morgan fingerprint density at radius 2 is 0.958 bits per heavy atom. The van der Waals surface area contributed by atoms with Gasteiger partial charge in [0.1, 0.15) is 17.5 Å². The van der Waals surface area contributed by atoms with Gasteiger partial charge in [-0.15, -0.1) is 24.8 Å². The van der Waals surface area contributed by atoms with Gasteiger partial charge in [-0.1, -0.05) is 116 Å². The minimum Gasteiger partial charge on any atom is -0.399 e. The molecule has 0 bridgehead atoms. The van der Waals surface area contributed by atoms with Crippen molar-refractivity contribution in [3.05, 3.63) is 284 Å². The summed E-state index contributed by atoms with van der Waals surface area (Å²) in [6.45, 7) is 2.91. The molecule has 3 amide bonds. The number of nitrogens with two attached hydrogens (primary N) is 4. The molecule has 0 spiro atoms. The first-order valence-electron chi connectivity index (χ1n) is 35.3. The van der Waals surface area contributed by atoms with Crippen molar-refractivity contribution in [1.29, 1.82) is 0 Å². The summed E-state index contributed by atoms with van der Waals surface area (Å²) >= 11 is 8.91. The molecule has 14 rings (SSSR count). The fraction of sp³-hybridized carbons (Fsp3) is 0.217. The number of anilines is 13. The summed E-state index contributed by atoms with van der Waals surface area (Å²) in [6.07, 6.45) is 6.64. The minimum absolute atomic E-state index is 0. The molecule has 0 aliphatic carbocycles. The largest absolute Gasteiger partial charge is 0.399 e. The standard InChI is InChI=1S/2C21H22N6O.C13H9ClN4O.C10H17N3.C8H10N2O2.C6H4BrNO2.C2H7N.2CH4.2ClH.Fe.H3N/c2*1-26(2)15-7-5-6-14(12-15)24-21-23-11-10-19(25-21)27-13-17(20(22)28)16-8-3-4-9-18(16)27;14-13-16-6-5-11(17-13)18-7-9(12(15)19)8-3-1-2-4-10(8)18;1-12-6-7-13(2)10-5-3-4-9(11)8-10;1-9(2)7-4-3-5-8(6-7)10(11)12;7-5-2-1-3-6(4-5)8(9)10;1-3-2;;;;;;/h2*3-12,17H,13H2,1-2H3,(H2,22,28)(H,23,24,25);1-7H,(H2,15,19);3-5,8,12H,6-7,11H2,1-2H3;3-6H,1-2H3;1-4H;3H,1-2H3;2*1H4;2*1H;;1H3. The van der Waals surface area contributed by atoms with E-state index in [1.54, 1.807) is 59.7 Å². The first-order chi connectivity index (χ1) is 54.2. The van der Waals surface area contributed by atoms with Crippen LogP contribution in [-0.2, 0) is 26.7 Å². The normalized spacial score (nSPS) is 11.9. The predicted octanol–water partition coefficient (Wildman–Crippen LogP) is 15.2. The Kier molecular flexibility index (Phi) is 43.5. The Morgan fingerprint density at radius 3 is 1.39 bits per heavy atom. The quantitative estimate of drug-likeness (QED) is 0.0119. The van der Waals surface area contributed by atoms with Crippen LogP contribution in [0.1, 0.15) is 48.2 Å². The van der Waals surface area contributed by atoms with E-state index in [2.05, 4.69) is 85.1 Å². The molecule has 634 valence electrons. The number of nitrogen functional groups attached to an aromatic ring is 1. The van der Waals surface area contributed by atoms with Crippen molar-refractivity contribution in [3.8, 4) is 5.82 Å². The molecule has 8 aromatic carbocycles. The van der Waals surface area contributed by atoms with Crippen LogP contribution in [-0.4, -0.2) is 159 Å². The van der Waals surface area contributed by atoms with Crippen LogP contribution in [0.25, 0.3) is 16.7 Å². The third-order valence-electron chi connectivity index (χ3n) is 17.1. The van der Waals surface area contributed by atoms with Gasteiger partial charge in [0.05, 0.1) is 32.8 Å². The molecule has 0 fully saturated rings. The van der Waals surface area contributed by atoms with Crippen LogP contribution < -0.4 is 79.8 Å². The van der Waals surface area contributed by atoms with Gasteiger partial charge in [0.15, 0.2) is 0 Å². The van der Waals surface area contributed by atoms with Crippen LogP contribution in [0.3, 0.4) is 0 Å². The molecule has 0 radical (unpaired) electrons.